The summed E-state index contributed by atoms with van der Waals surface area (Å²) < 4.78 is 46.3. The van der Waals surface area contributed by atoms with E-state index in [9.17, 15) is 22.8 Å². The number of nitrogens with zero attached hydrogens (tertiary/aromatic N) is 1. The van der Waals surface area contributed by atoms with Gasteiger partial charge in [-0.25, -0.2) is 13.2 Å². The fraction of sp³-hybridized carbons (Fsp3) is 0.263. The minimum absolute atomic E-state index is 0.00478. The number of hydrogen-bond acceptors (Lipinski definition) is 3. The number of anilines is 1. The van der Waals surface area contributed by atoms with Crippen molar-refractivity contribution in [1.29, 1.82) is 0 Å². The van der Waals surface area contributed by atoms with Crippen molar-refractivity contribution in [1.82, 2.24) is 4.90 Å². The molecule has 9 heteroatoms. The molecule has 0 spiro atoms. The van der Waals surface area contributed by atoms with Gasteiger partial charge in [0.25, 0.3) is 0 Å². The van der Waals surface area contributed by atoms with Gasteiger partial charge in [-0.2, -0.15) is 0 Å². The molecule has 148 valence electrons. The molecule has 0 aliphatic carbocycles. The van der Waals surface area contributed by atoms with Crippen molar-refractivity contribution >= 4 is 29.1 Å². The first-order valence-corrected chi connectivity index (χ1v) is 8.65. The number of benzene rings is 2. The third-order valence-corrected chi connectivity index (χ3v) is 4.94. The largest absolute Gasteiger partial charge is 0.492 e. The molecule has 2 aromatic carbocycles. The Morgan fingerprint density at radius 3 is 2.61 bits per heavy atom. The smallest absolute Gasteiger partial charge is 0.237 e. The molecule has 1 aliphatic rings. The third-order valence-electron chi connectivity index (χ3n) is 4.66. The van der Waals surface area contributed by atoms with E-state index in [1.165, 1.54) is 37.3 Å². The van der Waals surface area contributed by atoms with Crippen LogP contribution in [0.25, 0.3) is 0 Å². The van der Waals surface area contributed by atoms with E-state index in [4.69, 9.17) is 16.3 Å². The quantitative estimate of drug-likeness (QED) is 0.781. The van der Waals surface area contributed by atoms with Crippen LogP contribution in [0.2, 0.25) is 5.02 Å². The Morgan fingerprint density at radius 2 is 1.96 bits per heavy atom. The van der Waals surface area contributed by atoms with Gasteiger partial charge >= 0.3 is 0 Å². The van der Waals surface area contributed by atoms with Crippen molar-refractivity contribution < 1.29 is 27.5 Å². The predicted molar refractivity (Wildman–Crippen MR) is 96.8 cm³/mol. The highest BCUT2D eigenvalue weighted by Crippen LogP contribution is 2.38. The van der Waals surface area contributed by atoms with Crippen LogP contribution in [0.15, 0.2) is 30.3 Å². The Balaban J connectivity index is 1.95. The Morgan fingerprint density at radius 1 is 1.25 bits per heavy atom. The van der Waals surface area contributed by atoms with Gasteiger partial charge in [0, 0.05) is 19.5 Å². The van der Waals surface area contributed by atoms with E-state index in [1.54, 1.807) is 0 Å². The molecule has 28 heavy (non-hydrogen) atoms. The molecule has 0 bridgehead atoms. The molecule has 2 aromatic rings. The molecule has 2 unspecified atom stereocenters. The fourth-order valence-electron chi connectivity index (χ4n) is 3.29. The number of halogens is 4. The van der Waals surface area contributed by atoms with Gasteiger partial charge in [-0.15, -0.1) is 0 Å². The van der Waals surface area contributed by atoms with Crippen molar-refractivity contribution in [3.63, 3.8) is 0 Å². The first kappa shape index (κ1) is 20.0. The lowest BCUT2D eigenvalue weighted by molar-refractivity contribution is -0.135. The van der Waals surface area contributed by atoms with Crippen molar-refractivity contribution in [2.45, 2.75) is 5.92 Å². The van der Waals surface area contributed by atoms with E-state index in [1.807, 2.05) is 0 Å². The molecule has 3 rings (SSSR count). The topological polar surface area (TPSA) is 58.6 Å². The van der Waals surface area contributed by atoms with Gasteiger partial charge in [0.05, 0.1) is 17.8 Å². The zero-order valence-electron chi connectivity index (χ0n) is 14.9. The normalized spacial score (nSPS) is 19.1. The SMILES string of the molecule is COc1c(F)cc(C2CN(C)C(=O)C2C(=O)Nc2cccc(F)c2F)cc1Cl. The van der Waals surface area contributed by atoms with E-state index < -0.39 is 41.1 Å². The monoisotopic (exact) mass is 412 g/mol. The van der Waals surface area contributed by atoms with Gasteiger partial charge in [0.1, 0.15) is 5.92 Å². The summed E-state index contributed by atoms with van der Waals surface area (Å²) in [7, 11) is 2.76. The Bertz CT molecular complexity index is 931. The van der Waals surface area contributed by atoms with Crippen LogP contribution >= 0.6 is 11.6 Å². The maximum absolute atomic E-state index is 14.2. The molecular weight excluding hydrogens is 397 g/mol. The molecule has 1 fully saturated rings. The minimum atomic E-state index is -1.25. The van der Waals surface area contributed by atoms with Gasteiger partial charge in [-0.1, -0.05) is 17.7 Å². The van der Waals surface area contributed by atoms with Crippen molar-refractivity contribution in [3.05, 3.63) is 58.4 Å². The predicted octanol–water partition coefficient (Wildman–Crippen LogP) is 3.58. The second-order valence-electron chi connectivity index (χ2n) is 6.41. The number of amides is 2. The number of likely N-dealkylation sites (tertiary alicyclic amines) is 1. The number of methoxy groups -OCH3 is 1. The Hall–Kier alpha value is -2.74. The summed E-state index contributed by atoms with van der Waals surface area (Å²) in [4.78, 5) is 26.5. The third kappa shape index (κ3) is 3.52. The van der Waals surface area contributed by atoms with Crippen LogP contribution in [0.1, 0.15) is 11.5 Å². The lowest BCUT2D eigenvalue weighted by atomic mass is 9.87. The molecular formula is C19H16ClF3N2O3. The highest BCUT2D eigenvalue weighted by atomic mass is 35.5. The Labute approximate surface area is 164 Å². The maximum Gasteiger partial charge on any atom is 0.237 e. The van der Waals surface area contributed by atoms with Crippen LogP contribution < -0.4 is 10.1 Å². The number of likely N-dealkylation sites (N-methyl/N-ethyl adjacent to an activating group) is 1. The number of rotatable bonds is 4. The number of nitrogens with one attached hydrogen (secondary N) is 1. The molecule has 0 saturated carbocycles. The van der Waals surface area contributed by atoms with E-state index >= 15 is 0 Å². The number of carbonyl (C=O) groups is 2. The highest BCUT2D eigenvalue weighted by molar-refractivity contribution is 6.32. The zero-order valence-corrected chi connectivity index (χ0v) is 15.7. The summed E-state index contributed by atoms with van der Waals surface area (Å²) in [5, 5.41) is 2.24. The van der Waals surface area contributed by atoms with Crippen molar-refractivity contribution in [3.8, 4) is 5.75 Å². The number of hydrogen-bond donors (Lipinski definition) is 1. The van der Waals surface area contributed by atoms with Gasteiger partial charge in [0.2, 0.25) is 11.8 Å². The average Bonchev–Trinajstić information content (AvgIpc) is 2.94. The van der Waals surface area contributed by atoms with Crippen molar-refractivity contribution in [2.24, 2.45) is 5.92 Å². The molecule has 0 aromatic heterocycles. The van der Waals surface area contributed by atoms with Crippen LogP contribution in [0.5, 0.6) is 5.75 Å². The van der Waals surface area contributed by atoms with E-state index in [0.717, 1.165) is 12.1 Å². The van der Waals surface area contributed by atoms with Gasteiger partial charge in [-0.05, 0) is 29.8 Å². The molecule has 2 amide bonds. The fourth-order valence-corrected chi connectivity index (χ4v) is 3.59. The maximum atomic E-state index is 14.2. The highest BCUT2D eigenvalue weighted by Gasteiger charge is 2.44. The molecule has 1 N–H and O–H groups in total. The molecule has 1 heterocycles. The van der Waals surface area contributed by atoms with Crippen molar-refractivity contribution in [2.75, 3.05) is 26.0 Å². The average molecular weight is 413 g/mol. The number of ether oxygens (including phenoxy) is 1. The summed E-state index contributed by atoms with van der Waals surface area (Å²) in [5.74, 6) is -6.57. The summed E-state index contributed by atoms with van der Waals surface area (Å²) >= 11 is 6.03. The van der Waals surface area contributed by atoms with Crippen LogP contribution in [0.3, 0.4) is 0 Å². The lowest BCUT2D eigenvalue weighted by Crippen LogP contribution is -2.33. The molecule has 1 aliphatic heterocycles. The minimum Gasteiger partial charge on any atom is -0.492 e. The summed E-state index contributed by atoms with van der Waals surface area (Å²) in [6, 6.07) is 5.88. The summed E-state index contributed by atoms with van der Waals surface area (Å²) in [6.07, 6.45) is 0. The van der Waals surface area contributed by atoms with E-state index in [-0.39, 0.29) is 23.0 Å². The van der Waals surface area contributed by atoms with Gasteiger partial charge in [0.15, 0.2) is 23.2 Å². The first-order chi connectivity index (χ1) is 13.2. The van der Waals surface area contributed by atoms with Gasteiger partial charge in [-0.3, -0.25) is 9.59 Å². The van der Waals surface area contributed by atoms with Gasteiger partial charge < -0.3 is 15.0 Å². The first-order valence-electron chi connectivity index (χ1n) is 8.27. The Kier molecular flexibility index (Phi) is 5.51. The zero-order chi connectivity index (χ0) is 20.6. The van der Waals surface area contributed by atoms with Crippen LogP contribution in [0, 0.1) is 23.4 Å². The van der Waals surface area contributed by atoms with Crippen LogP contribution in [-0.2, 0) is 9.59 Å². The standard InChI is InChI=1S/C19H16ClF3N2O3/c1-25-8-10(9-6-11(20)17(28-2)13(22)7-9)15(19(25)27)18(26)24-14-5-3-4-12(21)16(14)23/h3-7,10,15H,8H2,1-2H3,(H,24,26). The summed E-state index contributed by atoms with van der Waals surface area (Å²) in [6.45, 7) is 0.130. The second kappa shape index (κ2) is 7.71. The van der Waals surface area contributed by atoms with Crippen LogP contribution in [0.4, 0.5) is 18.9 Å². The lowest BCUT2D eigenvalue weighted by Gasteiger charge is -2.18. The molecule has 1 saturated heterocycles. The van der Waals surface area contributed by atoms with E-state index in [2.05, 4.69) is 5.32 Å². The number of carbonyl (C=O) groups excluding carboxylic acids is 2. The summed E-state index contributed by atoms with van der Waals surface area (Å²) in [5.41, 5.74) is -0.0640. The molecule has 2 atom stereocenters. The molecule has 0 radical (unpaired) electrons. The molecule has 5 nitrogen and oxygen atoms in total. The van der Waals surface area contributed by atoms with Crippen LogP contribution in [-0.4, -0.2) is 37.4 Å². The second-order valence-corrected chi connectivity index (χ2v) is 6.82. The van der Waals surface area contributed by atoms with E-state index in [0.29, 0.717) is 5.56 Å².